The third-order valence-corrected chi connectivity index (χ3v) is 4.57. The fourth-order valence-corrected chi connectivity index (χ4v) is 3.06. The molecule has 1 atom stereocenters. The molecule has 1 unspecified atom stereocenters. The number of halogens is 3. The van der Waals surface area contributed by atoms with Gasteiger partial charge in [0.15, 0.2) is 0 Å². The van der Waals surface area contributed by atoms with E-state index in [9.17, 15) is 22.8 Å². The van der Waals surface area contributed by atoms with Crippen LogP contribution in [0.3, 0.4) is 0 Å². The van der Waals surface area contributed by atoms with Crippen LogP contribution in [-0.2, 0) is 20.5 Å². The number of hydrogen-bond acceptors (Lipinski definition) is 4. The van der Waals surface area contributed by atoms with E-state index in [1.165, 1.54) is 13.2 Å². The minimum absolute atomic E-state index is 0.0770. The van der Waals surface area contributed by atoms with Crippen molar-refractivity contribution >= 4 is 29.3 Å². The highest BCUT2D eigenvalue weighted by molar-refractivity contribution is 8.04. The van der Waals surface area contributed by atoms with Gasteiger partial charge in [-0.25, -0.2) is 0 Å². The number of anilines is 1. The van der Waals surface area contributed by atoms with E-state index >= 15 is 0 Å². The number of hydrogen-bond donors (Lipinski definition) is 2. The van der Waals surface area contributed by atoms with Crippen LogP contribution in [0.15, 0.2) is 34.1 Å². The van der Waals surface area contributed by atoms with E-state index in [-0.39, 0.29) is 16.6 Å². The van der Waals surface area contributed by atoms with Gasteiger partial charge in [0.2, 0.25) is 5.91 Å². The second-order valence-corrected chi connectivity index (χ2v) is 6.43. The van der Waals surface area contributed by atoms with Crippen LogP contribution in [0.2, 0.25) is 0 Å². The first-order valence-electron chi connectivity index (χ1n) is 7.46. The third kappa shape index (κ3) is 4.99. The molecule has 1 aliphatic rings. The van der Waals surface area contributed by atoms with Gasteiger partial charge in [-0.05, 0) is 24.6 Å². The van der Waals surface area contributed by atoms with Crippen molar-refractivity contribution in [3.8, 4) is 0 Å². The number of fused-ring (bicyclic) bond motifs is 1. The average molecular weight is 374 g/mol. The summed E-state index contributed by atoms with van der Waals surface area (Å²) in [5.74, 6) is -1.08. The van der Waals surface area contributed by atoms with Gasteiger partial charge in [0.05, 0.1) is 28.8 Å². The Hall–Kier alpha value is -2.00. The predicted molar refractivity (Wildman–Crippen MR) is 88.1 cm³/mol. The zero-order valence-corrected chi connectivity index (χ0v) is 14.4. The normalized spacial score (nSPS) is 17.0. The molecule has 9 heteroatoms. The number of amides is 2. The summed E-state index contributed by atoms with van der Waals surface area (Å²) in [6.07, 6.45) is -2.69. The maximum Gasteiger partial charge on any atom is 0.416 e. The van der Waals surface area contributed by atoms with Gasteiger partial charge in [0.25, 0.3) is 5.91 Å². The number of carbonyl (C=O) groups is 2. The van der Waals surface area contributed by atoms with E-state index in [4.69, 9.17) is 4.74 Å². The van der Waals surface area contributed by atoms with Gasteiger partial charge in [-0.2, -0.15) is 13.2 Å². The van der Waals surface area contributed by atoms with E-state index in [0.717, 1.165) is 30.0 Å². The number of carbonyl (C=O) groups excluding carboxylic acids is 2. The molecule has 0 aliphatic carbocycles. The van der Waals surface area contributed by atoms with Gasteiger partial charge < -0.3 is 15.4 Å². The summed E-state index contributed by atoms with van der Waals surface area (Å²) < 4.78 is 43.2. The van der Waals surface area contributed by atoms with Crippen LogP contribution >= 0.6 is 11.8 Å². The number of benzene rings is 1. The van der Waals surface area contributed by atoms with E-state index < -0.39 is 23.6 Å². The molecule has 0 fully saturated rings. The fraction of sp³-hybridized carbons (Fsp3) is 0.375. The number of thioether (sulfide) groups is 1. The molecular weight excluding hydrogens is 357 g/mol. The Balaban J connectivity index is 2.16. The highest BCUT2D eigenvalue weighted by Gasteiger charge is 2.32. The Labute approximate surface area is 147 Å². The zero-order valence-electron chi connectivity index (χ0n) is 13.6. The van der Waals surface area contributed by atoms with Crippen molar-refractivity contribution < 1.29 is 27.5 Å². The van der Waals surface area contributed by atoms with Crippen LogP contribution in [0.5, 0.6) is 0 Å². The highest BCUT2D eigenvalue weighted by atomic mass is 32.2. The van der Waals surface area contributed by atoms with Gasteiger partial charge in [-0.15, -0.1) is 0 Å². The van der Waals surface area contributed by atoms with Crippen LogP contribution in [0.4, 0.5) is 18.9 Å². The van der Waals surface area contributed by atoms with Crippen molar-refractivity contribution in [3.63, 3.8) is 0 Å². The van der Waals surface area contributed by atoms with Crippen LogP contribution < -0.4 is 10.6 Å². The van der Waals surface area contributed by atoms with Crippen LogP contribution in [0.25, 0.3) is 0 Å². The van der Waals surface area contributed by atoms with E-state index in [1.807, 2.05) is 6.92 Å². The minimum atomic E-state index is -4.49. The first-order chi connectivity index (χ1) is 11.7. The summed E-state index contributed by atoms with van der Waals surface area (Å²) in [5, 5.41) is 5.09. The van der Waals surface area contributed by atoms with E-state index in [2.05, 4.69) is 10.6 Å². The topological polar surface area (TPSA) is 67.4 Å². The van der Waals surface area contributed by atoms with Gasteiger partial charge >= 0.3 is 6.18 Å². The highest BCUT2D eigenvalue weighted by Crippen LogP contribution is 2.41. The summed E-state index contributed by atoms with van der Waals surface area (Å²) in [7, 11) is 1.52. The number of methoxy groups -OCH3 is 1. The van der Waals surface area contributed by atoms with Crippen molar-refractivity contribution in [2.75, 3.05) is 19.0 Å². The first-order valence-corrected chi connectivity index (χ1v) is 8.27. The van der Waals surface area contributed by atoms with Gasteiger partial charge in [0, 0.05) is 18.1 Å². The SMILES string of the molecule is CCC(COC)NC(=O)C=C1Sc2ccc(C(F)(F)F)cc2NC1=O. The standard InChI is InChI=1S/C16H17F3N2O3S/c1-3-10(8-24-2)20-14(22)7-13-15(23)21-11-6-9(16(17,18)19)4-5-12(11)25-13/h4-7,10H,3,8H2,1-2H3,(H,20,22)(H,21,23). The summed E-state index contributed by atoms with van der Waals surface area (Å²) in [4.78, 5) is 24.6. The molecule has 1 heterocycles. The Morgan fingerprint density at radius 2 is 2.16 bits per heavy atom. The molecule has 0 bridgehead atoms. The summed E-state index contributed by atoms with van der Waals surface area (Å²) >= 11 is 0.950. The second-order valence-electron chi connectivity index (χ2n) is 5.34. The van der Waals surface area contributed by atoms with Crippen LogP contribution in [0, 0.1) is 0 Å². The van der Waals surface area contributed by atoms with Crippen molar-refractivity contribution in [1.29, 1.82) is 0 Å². The molecule has 0 saturated heterocycles. The Morgan fingerprint density at radius 3 is 2.76 bits per heavy atom. The molecule has 2 amide bonds. The third-order valence-electron chi connectivity index (χ3n) is 3.47. The lowest BCUT2D eigenvalue weighted by molar-refractivity contribution is -0.137. The largest absolute Gasteiger partial charge is 0.416 e. The van der Waals surface area contributed by atoms with Gasteiger partial charge in [-0.3, -0.25) is 9.59 Å². The zero-order chi connectivity index (χ0) is 18.6. The van der Waals surface area contributed by atoms with Crippen molar-refractivity contribution in [3.05, 3.63) is 34.7 Å². The predicted octanol–water partition coefficient (Wildman–Crippen LogP) is 3.17. The molecule has 5 nitrogen and oxygen atoms in total. The number of ether oxygens (including phenoxy) is 1. The lowest BCUT2D eigenvalue weighted by Gasteiger charge is -2.20. The van der Waals surface area contributed by atoms with Crippen molar-refractivity contribution in [2.24, 2.45) is 0 Å². The molecule has 0 radical (unpaired) electrons. The van der Waals surface area contributed by atoms with Crippen LogP contribution in [-0.4, -0.2) is 31.6 Å². The molecule has 0 saturated carbocycles. The maximum atomic E-state index is 12.7. The smallest absolute Gasteiger partial charge is 0.383 e. The van der Waals surface area contributed by atoms with Crippen molar-refractivity contribution in [1.82, 2.24) is 5.32 Å². The fourth-order valence-electron chi connectivity index (χ4n) is 2.16. The Morgan fingerprint density at radius 1 is 1.44 bits per heavy atom. The lowest BCUT2D eigenvalue weighted by Crippen LogP contribution is -2.37. The summed E-state index contributed by atoms with van der Waals surface area (Å²) in [6, 6.07) is 2.90. The molecule has 25 heavy (non-hydrogen) atoms. The molecule has 1 aromatic rings. The van der Waals surface area contributed by atoms with Gasteiger partial charge in [-0.1, -0.05) is 18.7 Å². The quantitative estimate of drug-likeness (QED) is 0.777. The first kappa shape index (κ1) is 19.3. The monoisotopic (exact) mass is 374 g/mol. The number of rotatable bonds is 5. The molecule has 0 aromatic heterocycles. The number of alkyl halides is 3. The molecule has 2 N–H and O–H groups in total. The Kier molecular flexibility index (Phi) is 6.12. The average Bonchev–Trinajstić information content (AvgIpc) is 2.53. The van der Waals surface area contributed by atoms with Crippen LogP contribution in [0.1, 0.15) is 18.9 Å². The molecule has 136 valence electrons. The van der Waals surface area contributed by atoms with Gasteiger partial charge in [0.1, 0.15) is 0 Å². The number of nitrogens with one attached hydrogen (secondary N) is 2. The summed E-state index contributed by atoms with van der Waals surface area (Å²) in [5.41, 5.74) is -0.768. The molecule has 0 spiro atoms. The second kappa shape index (κ2) is 7.92. The minimum Gasteiger partial charge on any atom is -0.383 e. The summed E-state index contributed by atoms with van der Waals surface area (Å²) in [6.45, 7) is 2.22. The molecular formula is C16H17F3N2O3S. The Bertz CT molecular complexity index is 704. The van der Waals surface area contributed by atoms with E-state index in [0.29, 0.717) is 17.9 Å². The van der Waals surface area contributed by atoms with Crippen molar-refractivity contribution in [2.45, 2.75) is 30.5 Å². The molecule has 2 rings (SSSR count). The maximum absolute atomic E-state index is 12.7. The lowest BCUT2D eigenvalue weighted by atomic mass is 10.2. The molecule has 1 aromatic carbocycles. The molecule has 1 aliphatic heterocycles. The van der Waals surface area contributed by atoms with E-state index in [1.54, 1.807) is 0 Å².